The first-order chi connectivity index (χ1) is 15.5. The van der Waals surface area contributed by atoms with Crippen LogP contribution in [0.5, 0.6) is 5.75 Å². The lowest BCUT2D eigenvalue weighted by Crippen LogP contribution is -2.47. The number of esters is 1. The van der Waals surface area contributed by atoms with Crippen molar-refractivity contribution in [2.24, 2.45) is 5.92 Å². The van der Waals surface area contributed by atoms with Gasteiger partial charge in [-0.15, -0.1) is 0 Å². The van der Waals surface area contributed by atoms with E-state index in [1.54, 1.807) is 7.11 Å². The molecule has 1 unspecified atom stereocenters. The first kappa shape index (κ1) is 24.1. The quantitative estimate of drug-likeness (QED) is 0.501. The summed E-state index contributed by atoms with van der Waals surface area (Å²) < 4.78 is 10.9. The Morgan fingerprint density at radius 3 is 2.38 bits per heavy atom. The zero-order valence-corrected chi connectivity index (χ0v) is 20.0. The molecule has 0 aliphatic carbocycles. The molecule has 1 saturated heterocycles. The molecule has 1 fully saturated rings. The van der Waals surface area contributed by atoms with Gasteiger partial charge in [-0.05, 0) is 49.9 Å². The fourth-order valence-corrected chi connectivity index (χ4v) is 4.84. The third-order valence-corrected chi connectivity index (χ3v) is 6.75. The number of carbonyl (C=O) groups excluding carboxylic acids is 1. The molecule has 0 radical (unpaired) electrons. The van der Waals surface area contributed by atoms with Gasteiger partial charge in [0.1, 0.15) is 5.75 Å². The SMILES string of the molecule is CCOC(=O)C(CCCN1CCN(c2cccc(OC)c2)CC1)(c1ccccc1)C(C)C. The standard InChI is InChI=1S/C27H38N2O3/c1-5-32-26(30)27(22(2)3,23-11-7-6-8-12-23)15-10-16-28-17-19-29(20-18-28)24-13-9-14-25(21-24)31-4/h6-9,11-14,21-22H,5,10,15-20H2,1-4H3. The average Bonchev–Trinajstić information content (AvgIpc) is 2.83. The molecule has 0 saturated carbocycles. The van der Waals surface area contributed by atoms with E-state index in [1.807, 2.05) is 37.3 Å². The average molecular weight is 439 g/mol. The minimum atomic E-state index is -0.598. The Morgan fingerprint density at radius 2 is 1.75 bits per heavy atom. The number of piperazine rings is 1. The van der Waals surface area contributed by atoms with E-state index < -0.39 is 5.41 Å². The molecule has 3 rings (SSSR count). The predicted molar refractivity (Wildman–Crippen MR) is 130 cm³/mol. The Bertz CT molecular complexity index is 847. The van der Waals surface area contributed by atoms with Gasteiger partial charge in [-0.1, -0.05) is 50.2 Å². The van der Waals surface area contributed by atoms with Crippen LogP contribution < -0.4 is 9.64 Å². The normalized spacial score (nSPS) is 16.6. The van der Waals surface area contributed by atoms with Crippen molar-refractivity contribution in [2.75, 3.05) is 51.3 Å². The molecule has 1 atom stereocenters. The van der Waals surface area contributed by atoms with Crippen LogP contribution in [0.1, 0.15) is 39.2 Å². The van der Waals surface area contributed by atoms with Gasteiger partial charge >= 0.3 is 5.97 Å². The molecule has 0 aromatic heterocycles. The molecule has 1 aliphatic heterocycles. The summed E-state index contributed by atoms with van der Waals surface area (Å²) in [6.07, 6.45) is 1.76. The highest BCUT2D eigenvalue weighted by molar-refractivity contribution is 5.83. The molecule has 5 heteroatoms. The van der Waals surface area contributed by atoms with Gasteiger partial charge in [-0.25, -0.2) is 0 Å². The summed E-state index contributed by atoms with van der Waals surface area (Å²) >= 11 is 0. The first-order valence-corrected chi connectivity index (χ1v) is 11.9. The number of ether oxygens (including phenoxy) is 2. The molecule has 1 heterocycles. The van der Waals surface area contributed by atoms with Crippen LogP contribution in [0.2, 0.25) is 0 Å². The Morgan fingerprint density at radius 1 is 1.03 bits per heavy atom. The number of rotatable bonds is 10. The van der Waals surface area contributed by atoms with Crippen molar-refractivity contribution in [3.05, 3.63) is 60.2 Å². The number of hydrogen-bond donors (Lipinski definition) is 0. The molecule has 0 N–H and O–H groups in total. The van der Waals surface area contributed by atoms with Gasteiger partial charge in [0, 0.05) is 37.9 Å². The smallest absolute Gasteiger partial charge is 0.316 e. The minimum absolute atomic E-state index is 0.0935. The van der Waals surface area contributed by atoms with E-state index in [2.05, 4.69) is 47.9 Å². The van der Waals surface area contributed by atoms with Crippen molar-refractivity contribution < 1.29 is 14.3 Å². The van der Waals surface area contributed by atoms with Crippen molar-refractivity contribution >= 4 is 11.7 Å². The Balaban J connectivity index is 1.61. The van der Waals surface area contributed by atoms with Crippen LogP contribution in [0, 0.1) is 5.92 Å². The van der Waals surface area contributed by atoms with Gasteiger partial charge in [0.25, 0.3) is 0 Å². The van der Waals surface area contributed by atoms with E-state index >= 15 is 0 Å². The van der Waals surface area contributed by atoms with Crippen molar-refractivity contribution in [1.29, 1.82) is 0 Å². The summed E-state index contributed by atoms with van der Waals surface area (Å²) in [4.78, 5) is 18.1. The van der Waals surface area contributed by atoms with E-state index in [9.17, 15) is 4.79 Å². The zero-order chi connectivity index (χ0) is 23.0. The molecule has 2 aromatic carbocycles. The molecule has 174 valence electrons. The van der Waals surface area contributed by atoms with Gasteiger partial charge in [-0.2, -0.15) is 0 Å². The number of nitrogens with zero attached hydrogens (tertiary/aromatic N) is 2. The van der Waals surface area contributed by atoms with Crippen molar-refractivity contribution in [2.45, 2.75) is 39.0 Å². The minimum Gasteiger partial charge on any atom is -0.497 e. The van der Waals surface area contributed by atoms with Crippen LogP contribution in [-0.4, -0.2) is 57.3 Å². The largest absolute Gasteiger partial charge is 0.497 e. The lowest BCUT2D eigenvalue weighted by atomic mass is 9.68. The number of anilines is 1. The molecule has 2 aromatic rings. The summed E-state index contributed by atoms with van der Waals surface area (Å²) in [6, 6.07) is 18.5. The Hall–Kier alpha value is -2.53. The van der Waals surface area contributed by atoms with Gasteiger partial charge in [0.2, 0.25) is 0 Å². The van der Waals surface area contributed by atoms with Crippen LogP contribution in [0.4, 0.5) is 5.69 Å². The third kappa shape index (κ3) is 5.44. The highest BCUT2D eigenvalue weighted by Gasteiger charge is 2.44. The van der Waals surface area contributed by atoms with E-state index in [-0.39, 0.29) is 11.9 Å². The summed E-state index contributed by atoms with van der Waals surface area (Å²) in [6.45, 7) is 11.6. The van der Waals surface area contributed by atoms with Gasteiger partial charge in [0.15, 0.2) is 0 Å². The molecule has 5 nitrogen and oxygen atoms in total. The molecular weight excluding hydrogens is 400 g/mol. The van der Waals surface area contributed by atoms with E-state index in [0.29, 0.717) is 6.61 Å². The molecule has 0 spiro atoms. The predicted octanol–water partition coefficient (Wildman–Crippen LogP) is 4.75. The second kappa shape index (κ2) is 11.4. The zero-order valence-electron chi connectivity index (χ0n) is 20.0. The third-order valence-electron chi connectivity index (χ3n) is 6.75. The van der Waals surface area contributed by atoms with Crippen molar-refractivity contribution in [1.82, 2.24) is 4.90 Å². The van der Waals surface area contributed by atoms with Crippen LogP contribution in [0.15, 0.2) is 54.6 Å². The maximum atomic E-state index is 13.2. The molecule has 0 bridgehead atoms. The van der Waals surface area contributed by atoms with Gasteiger partial charge in [-0.3, -0.25) is 9.69 Å². The monoisotopic (exact) mass is 438 g/mol. The first-order valence-electron chi connectivity index (χ1n) is 11.9. The number of methoxy groups -OCH3 is 1. The van der Waals surface area contributed by atoms with E-state index in [1.165, 1.54) is 5.69 Å². The number of benzene rings is 2. The molecule has 1 aliphatic rings. The highest BCUT2D eigenvalue weighted by atomic mass is 16.5. The summed E-state index contributed by atoms with van der Waals surface area (Å²) in [7, 11) is 1.71. The van der Waals surface area contributed by atoms with Crippen molar-refractivity contribution in [3.8, 4) is 5.75 Å². The summed E-state index contributed by atoms with van der Waals surface area (Å²) in [5.41, 5.74) is 1.69. The van der Waals surface area contributed by atoms with E-state index in [4.69, 9.17) is 9.47 Å². The second-order valence-electron chi connectivity index (χ2n) is 8.85. The van der Waals surface area contributed by atoms with Gasteiger partial charge < -0.3 is 14.4 Å². The fraction of sp³-hybridized carbons (Fsp3) is 0.519. The second-order valence-corrected chi connectivity index (χ2v) is 8.85. The maximum absolute atomic E-state index is 13.2. The lowest BCUT2D eigenvalue weighted by molar-refractivity contribution is -0.152. The maximum Gasteiger partial charge on any atom is 0.316 e. The van der Waals surface area contributed by atoms with E-state index in [0.717, 1.165) is 56.9 Å². The molecule has 32 heavy (non-hydrogen) atoms. The lowest BCUT2D eigenvalue weighted by Gasteiger charge is -2.38. The number of carbonyl (C=O) groups is 1. The molecule has 0 amide bonds. The highest BCUT2D eigenvalue weighted by Crippen LogP contribution is 2.38. The number of hydrogen-bond acceptors (Lipinski definition) is 5. The summed E-state index contributed by atoms with van der Waals surface area (Å²) in [5.74, 6) is 0.965. The molecular formula is C27H38N2O3. The van der Waals surface area contributed by atoms with Crippen molar-refractivity contribution in [3.63, 3.8) is 0 Å². The topological polar surface area (TPSA) is 42.0 Å². The Kier molecular flexibility index (Phi) is 8.57. The van der Waals surface area contributed by atoms with Gasteiger partial charge in [0.05, 0.1) is 19.1 Å². The van der Waals surface area contributed by atoms with Crippen LogP contribution in [0.3, 0.4) is 0 Å². The van der Waals surface area contributed by atoms with Crippen LogP contribution in [0.25, 0.3) is 0 Å². The summed E-state index contributed by atoms with van der Waals surface area (Å²) in [5, 5.41) is 0. The van der Waals surface area contributed by atoms with Crippen LogP contribution in [-0.2, 0) is 14.9 Å². The Labute approximate surface area is 193 Å². The van der Waals surface area contributed by atoms with Crippen LogP contribution >= 0.6 is 0 Å². The fourth-order valence-electron chi connectivity index (χ4n) is 4.84.